The Bertz CT molecular complexity index is 532. The van der Waals surface area contributed by atoms with E-state index in [2.05, 4.69) is 67.5 Å². The second-order valence-corrected chi connectivity index (χ2v) is 5.13. The van der Waals surface area contributed by atoms with Crippen molar-refractivity contribution in [1.29, 1.82) is 0 Å². The highest BCUT2D eigenvalue weighted by Gasteiger charge is 2.06. The molecule has 0 saturated heterocycles. The predicted octanol–water partition coefficient (Wildman–Crippen LogP) is 2.92. The third-order valence-corrected chi connectivity index (χ3v) is 3.17. The third-order valence-electron chi connectivity index (χ3n) is 3.17. The lowest BCUT2D eigenvalue weighted by molar-refractivity contribution is 0.403. The number of rotatable bonds is 5. The molecule has 2 aromatic carbocycles. The largest absolute Gasteiger partial charge is 0.330 e. The van der Waals surface area contributed by atoms with Crippen LogP contribution in [0.2, 0.25) is 0 Å². The topological polar surface area (TPSA) is 29.3 Å². The van der Waals surface area contributed by atoms with Gasteiger partial charge in [-0.3, -0.25) is 0 Å². The summed E-state index contributed by atoms with van der Waals surface area (Å²) in [5, 5.41) is 0. The Labute approximate surface area is 115 Å². The Morgan fingerprint density at radius 1 is 1.00 bits per heavy atom. The maximum Gasteiger partial charge on any atom is 0.0233 e. The highest BCUT2D eigenvalue weighted by atomic mass is 15.0. The van der Waals surface area contributed by atoms with E-state index in [-0.39, 0.29) is 0 Å². The van der Waals surface area contributed by atoms with Crippen molar-refractivity contribution in [2.45, 2.75) is 13.0 Å². The standard InChI is InChI=1S/C17H22N2/c1-19(2)13-16-7-3-4-9-17(16)15-8-5-6-14(12-15)10-11-18/h3-9,12H,10-11,13,18H2,1-2H3. The van der Waals surface area contributed by atoms with Crippen molar-refractivity contribution in [2.24, 2.45) is 5.73 Å². The van der Waals surface area contributed by atoms with Crippen molar-refractivity contribution in [1.82, 2.24) is 4.90 Å². The van der Waals surface area contributed by atoms with Crippen LogP contribution >= 0.6 is 0 Å². The summed E-state index contributed by atoms with van der Waals surface area (Å²) in [7, 11) is 4.20. The van der Waals surface area contributed by atoms with Crippen LogP contribution < -0.4 is 5.73 Å². The summed E-state index contributed by atoms with van der Waals surface area (Å²) in [6, 6.07) is 17.3. The van der Waals surface area contributed by atoms with Crippen LogP contribution in [0.3, 0.4) is 0 Å². The molecule has 0 aliphatic rings. The molecule has 0 atom stereocenters. The number of benzene rings is 2. The minimum absolute atomic E-state index is 0.697. The SMILES string of the molecule is CN(C)Cc1ccccc1-c1cccc(CCN)c1. The maximum absolute atomic E-state index is 5.64. The van der Waals surface area contributed by atoms with Crippen molar-refractivity contribution < 1.29 is 0 Å². The van der Waals surface area contributed by atoms with Crippen LogP contribution in [0.25, 0.3) is 11.1 Å². The number of hydrogen-bond donors (Lipinski definition) is 1. The van der Waals surface area contributed by atoms with Gasteiger partial charge in [0.2, 0.25) is 0 Å². The molecular formula is C17H22N2. The van der Waals surface area contributed by atoms with Crippen molar-refractivity contribution >= 4 is 0 Å². The van der Waals surface area contributed by atoms with Crippen LogP contribution in [-0.4, -0.2) is 25.5 Å². The summed E-state index contributed by atoms with van der Waals surface area (Å²) in [4.78, 5) is 2.20. The van der Waals surface area contributed by atoms with Gasteiger partial charge in [0.15, 0.2) is 0 Å². The maximum atomic E-state index is 5.64. The molecule has 2 nitrogen and oxygen atoms in total. The Morgan fingerprint density at radius 3 is 2.53 bits per heavy atom. The first-order valence-corrected chi connectivity index (χ1v) is 6.72. The lowest BCUT2D eigenvalue weighted by Crippen LogP contribution is -2.11. The Kier molecular flexibility index (Phi) is 4.72. The third kappa shape index (κ3) is 3.66. The highest BCUT2D eigenvalue weighted by molar-refractivity contribution is 5.68. The quantitative estimate of drug-likeness (QED) is 0.889. The normalized spacial score (nSPS) is 10.9. The predicted molar refractivity (Wildman–Crippen MR) is 82.0 cm³/mol. The minimum Gasteiger partial charge on any atom is -0.330 e. The molecule has 2 heteroatoms. The zero-order valence-corrected chi connectivity index (χ0v) is 11.8. The molecule has 2 rings (SSSR count). The average molecular weight is 254 g/mol. The van der Waals surface area contributed by atoms with Crippen LogP contribution in [0.1, 0.15) is 11.1 Å². The van der Waals surface area contributed by atoms with E-state index in [1.807, 2.05) is 0 Å². The van der Waals surface area contributed by atoms with Gasteiger partial charge < -0.3 is 10.6 Å². The first kappa shape index (κ1) is 13.8. The summed E-state index contributed by atoms with van der Waals surface area (Å²) in [6.07, 6.45) is 0.934. The van der Waals surface area contributed by atoms with E-state index >= 15 is 0 Å². The van der Waals surface area contributed by atoms with E-state index in [1.165, 1.54) is 22.3 Å². The second kappa shape index (κ2) is 6.50. The molecule has 0 radical (unpaired) electrons. The molecule has 2 aromatic rings. The first-order valence-electron chi connectivity index (χ1n) is 6.72. The van der Waals surface area contributed by atoms with E-state index in [0.717, 1.165) is 13.0 Å². The van der Waals surface area contributed by atoms with Crippen molar-refractivity contribution in [3.05, 3.63) is 59.7 Å². The molecule has 0 amide bonds. The summed E-state index contributed by atoms with van der Waals surface area (Å²) in [6.45, 7) is 1.65. The van der Waals surface area contributed by atoms with Gasteiger partial charge in [-0.25, -0.2) is 0 Å². The van der Waals surface area contributed by atoms with Crippen LogP contribution in [-0.2, 0) is 13.0 Å². The minimum atomic E-state index is 0.697. The Morgan fingerprint density at radius 2 is 1.79 bits per heavy atom. The monoisotopic (exact) mass is 254 g/mol. The molecular weight excluding hydrogens is 232 g/mol. The molecule has 0 spiro atoms. The zero-order valence-electron chi connectivity index (χ0n) is 11.8. The highest BCUT2D eigenvalue weighted by Crippen LogP contribution is 2.25. The number of nitrogens with two attached hydrogens (primary N) is 1. The van der Waals surface area contributed by atoms with Gasteiger partial charge in [-0.15, -0.1) is 0 Å². The van der Waals surface area contributed by atoms with Gasteiger partial charge in [0.05, 0.1) is 0 Å². The van der Waals surface area contributed by atoms with E-state index in [4.69, 9.17) is 5.73 Å². The molecule has 0 unspecified atom stereocenters. The number of nitrogens with zero attached hydrogens (tertiary/aromatic N) is 1. The van der Waals surface area contributed by atoms with Gasteiger partial charge >= 0.3 is 0 Å². The average Bonchev–Trinajstić information content (AvgIpc) is 2.39. The van der Waals surface area contributed by atoms with Crippen molar-refractivity contribution in [3.8, 4) is 11.1 Å². The number of hydrogen-bond acceptors (Lipinski definition) is 2. The molecule has 0 heterocycles. The van der Waals surface area contributed by atoms with Gasteiger partial charge in [-0.2, -0.15) is 0 Å². The van der Waals surface area contributed by atoms with Crippen LogP contribution in [0.5, 0.6) is 0 Å². The Balaban J connectivity index is 2.37. The van der Waals surface area contributed by atoms with E-state index in [9.17, 15) is 0 Å². The molecule has 100 valence electrons. The van der Waals surface area contributed by atoms with E-state index < -0.39 is 0 Å². The first-order chi connectivity index (χ1) is 9.20. The van der Waals surface area contributed by atoms with Crippen molar-refractivity contribution in [3.63, 3.8) is 0 Å². The fraction of sp³-hybridized carbons (Fsp3) is 0.294. The molecule has 0 bridgehead atoms. The fourth-order valence-electron chi connectivity index (χ4n) is 2.34. The lowest BCUT2D eigenvalue weighted by atomic mass is 9.97. The Hall–Kier alpha value is -1.64. The summed E-state index contributed by atoms with van der Waals surface area (Å²) in [5.41, 5.74) is 10.9. The van der Waals surface area contributed by atoms with Crippen LogP contribution in [0.15, 0.2) is 48.5 Å². The van der Waals surface area contributed by atoms with Gasteiger partial charge in [0.1, 0.15) is 0 Å². The van der Waals surface area contributed by atoms with Crippen LogP contribution in [0, 0.1) is 0 Å². The fourth-order valence-corrected chi connectivity index (χ4v) is 2.34. The smallest absolute Gasteiger partial charge is 0.0233 e. The van der Waals surface area contributed by atoms with Crippen LogP contribution in [0.4, 0.5) is 0 Å². The van der Waals surface area contributed by atoms with Gasteiger partial charge in [0, 0.05) is 6.54 Å². The van der Waals surface area contributed by atoms with E-state index in [0.29, 0.717) is 6.54 Å². The van der Waals surface area contributed by atoms with E-state index in [1.54, 1.807) is 0 Å². The second-order valence-electron chi connectivity index (χ2n) is 5.13. The van der Waals surface area contributed by atoms with Gasteiger partial charge in [-0.05, 0) is 49.3 Å². The molecule has 0 aromatic heterocycles. The summed E-state index contributed by atoms with van der Waals surface area (Å²) >= 11 is 0. The van der Waals surface area contributed by atoms with Gasteiger partial charge in [0.25, 0.3) is 0 Å². The molecule has 0 fully saturated rings. The molecule has 0 aliphatic heterocycles. The van der Waals surface area contributed by atoms with Crippen molar-refractivity contribution in [2.75, 3.05) is 20.6 Å². The molecule has 19 heavy (non-hydrogen) atoms. The zero-order chi connectivity index (χ0) is 13.7. The molecule has 0 aliphatic carbocycles. The lowest BCUT2D eigenvalue weighted by Gasteiger charge is -2.15. The summed E-state index contributed by atoms with van der Waals surface area (Å²) < 4.78 is 0. The molecule has 2 N–H and O–H groups in total. The summed E-state index contributed by atoms with van der Waals surface area (Å²) in [5.74, 6) is 0. The van der Waals surface area contributed by atoms with Gasteiger partial charge in [-0.1, -0.05) is 48.5 Å². The molecule has 0 saturated carbocycles.